The van der Waals surface area contributed by atoms with Crippen LogP contribution in [0.4, 0.5) is 5.69 Å². The minimum Gasteiger partial charge on any atom is -0.463 e. The summed E-state index contributed by atoms with van der Waals surface area (Å²) in [6, 6.07) is 3.69. The van der Waals surface area contributed by atoms with Crippen LogP contribution in [0.3, 0.4) is 0 Å². The molecule has 0 aliphatic carbocycles. The van der Waals surface area contributed by atoms with Crippen molar-refractivity contribution in [1.29, 1.82) is 0 Å². The van der Waals surface area contributed by atoms with Gasteiger partial charge in [-0.05, 0) is 11.6 Å². The van der Waals surface area contributed by atoms with E-state index in [-0.39, 0.29) is 10.6 Å². The van der Waals surface area contributed by atoms with E-state index >= 15 is 0 Å². The van der Waals surface area contributed by atoms with E-state index in [1.165, 1.54) is 12.1 Å². The van der Waals surface area contributed by atoms with Crippen molar-refractivity contribution < 1.29 is 129 Å². The number of carbonyl (C=O) groups excluding carboxylic acids is 10. The molecule has 15 atom stereocenters. The number of nitro groups is 1. The molecule has 0 bridgehead atoms. The highest BCUT2D eigenvalue weighted by Crippen LogP contribution is 2.39. The number of hydrogen-bond donors (Lipinski definition) is 0. The van der Waals surface area contributed by atoms with Crippen molar-refractivity contribution in [3.8, 4) is 0 Å². The van der Waals surface area contributed by atoms with Crippen LogP contribution >= 0.6 is 11.6 Å². The molecular weight excluding hydrogens is 1040 g/mol. The normalized spacial score (nSPS) is 29.2. The maximum atomic E-state index is 13.1. The number of nitro benzene ring substituents is 1. The van der Waals surface area contributed by atoms with Crippen molar-refractivity contribution in [1.82, 2.24) is 0 Å². The van der Waals surface area contributed by atoms with Gasteiger partial charge in [0.25, 0.3) is 5.69 Å². The van der Waals surface area contributed by atoms with E-state index in [1.807, 2.05) is 0 Å². The lowest BCUT2D eigenvalue weighted by Gasteiger charge is -2.50. The van der Waals surface area contributed by atoms with Crippen LogP contribution < -0.4 is 0 Å². The molecule has 4 rings (SSSR count). The second-order valence-electron chi connectivity index (χ2n) is 16.6. The summed E-state index contributed by atoms with van der Waals surface area (Å²) in [6.07, 6.45) is -27.6. The van der Waals surface area contributed by atoms with Crippen molar-refractivity contribution in [3.05, 3.63) is 38.9 Å². The van der Waals surface area contributed by atoms with Gasteiger partial charge in [-0.15, -0.1) is 0 Å². The molecule has 3 heterocycles. The Balaban J connectivity index is 1.90. The van der Waals surface area contributed by atoms with Crippen LogP contribution in [0.2, 0.25) is 5.02 Å². The summed E-state index contributed by atoms with van der Waals surface area (Å²) in [7, 11) is 0. The average molecular weight is 1090 g/mol. The predicted octanol–water partition coefficient (Wildman–Crippen LogP) is 0.921. The zero-order valence-corrected chi connectivity index (χ0v) is 42.7. The molecule has 0 saturated carbocycles. The summed E-state index contributed by atoms with van der Waals surface area (Å²) in [6.45, 7) is 6.95. The second kappa shape index (κ2) is 27.8. The fraction of sp³-hybridized carbons (Fsp3) is 0.644. The first-order valence-corrected chi connectivity index (χ1v) is 23.0. The predicted molar refractivity (Wildman–Crippen MR) is 237 cm³/mol. The summed E-state index contributed by atoms with van der Waals surface area (Å²) in [5, 5.41) is 11.4. The molecule has 416 valence electrons. The maximum absolute atomic E-state index is 13.1. The van der Waals surface area contributed by atoms with Crippen molar-refractivity contribution in [3.63, 3.8) is 0 Å². The number of rotatable bonds is 21. The van der Waals surface area contributed by atoms with E-state index < -0.39 is 189 Å². The fourth-order valence-electron chi connectivity index (χ4n) is 7.86. The van der Waals surface area contributed by atoms with E-state index in [4.69, 9.17) is 87.4 Å². The third-order valence-electron chi connectivity index (χ3n) is 10.4. The molecule has 0 unspecified atom stereocenters. The number of carbonyl (C=O) groups is 10. The Kier molecular flexibility index (Phi) is 22.6. The van der Waals surface area contributed by atoms with Gasteiger partial charge in [-0.3, -0.25) is 58.1 Å². The molecule has 1 aromatic rings. The summed E-state index contributed by atoms with van der Waals surface area (Å²) >= 11 is 5.99. The van der Waals surface area contributed by atoms with Gasteiger partial charge in [0.15, 0.2) is 61.6 Å². The van der Waals surface area contributed by atoms with Gasteiger partial charge in [-0.1, -0.05) is 17.7 Å². The summed E-state index contributed by atoms with van der Waals surface area (Å²) in [5.74, 6) is -9.86. The Morgan fingerprint density at radius 1 is 0.453 bits per heavy atom. The maximum Gasteiger partial charge on any atom is 0.303 e. The Morgan fingerprint density at radius 2 is 0.760 bits per heavy atom. The molecule has 30 heteroatoms. The van der Waals surface area contributed by atoms with E-state index in [0.29, 0.717) is 0 Å². The highest BCUT2D eigenvalue weighted by molar-refractivity contribution is 6.32. The first kappa shape index (κ1) is 60.9. The van der Waals surface area contributed by atoms with Gasteiger partial charge in [-0.25, -0.2) is 0 Å². The zero-order chi connectivity index (χ0) is 56.0. The largest absolute Gasteiger partial charge is 0.463 e. The Hall–Kier alpha value is -6.63. The standard InChI is InChI=1S/C45H56ClNO28/c1-18(48)60-15-31-34(64-21(4)51)37(65-22(5)52)41(69-26(9)56)44(72-31)75-36-33(17-62-20(3)50)73-45(42(70-27(10)57)39(36)67-24(7)54)74-35-32(16-61-19(2)49)71-43(40(68-25(8)55)38(35)66-23(6)53)63-14-28-11-12-29(46)30(13-28)47(58)59/h11-13,31-45H,14-17H2,1-10H3/t31-,32-,33-,34-,35-,36-,37+,38+,39+,40-,41-,42-,43-,44-,45-/m1/s1. The third-order valence-corrected chi connectivity index (χ3v) is 10.8. The number of nitrogens with zero attached hydrogens (tertiary/aromatic N) is 1. The van der Waals surface area contributed by atoms with Gasteiger partial charge in [0.2, 0.25) is 0 Å². The molecule has 0 aromatic heterocycles. The van der Waals surface area contributed by atoms with Gasteiger partial charge in [0.1, 0.15) is 55.4 Å². The molecule has 3 fully saturated rings. The number of benzene rings is 1. The highest BCUT2D eigenvalue weighted by Gasteiger charge is 2.60. The molecule has 0 radical (unpaired) electrons. The fourth-order valence-corrected chi connectivity index (χ4v) is 8.04. The summed E-state index contributed by atoms with van der Waals surface area (Å²) in [4.78, 5) is 137. The van der Waals surface area contributed by atoms with E-state index in [9.17, 15) is 58.1 Å². The Bertz CT molecular complexity index is 2290. The minimum atomic E-state index is -2.09. The minimum absolute atomic E-state index is 0.158. The van der Waals surface area contributed by atoms with Crippen LogP contribution in [-0.4, -0.2) is 177 Å². The molecule has 3 saturated heterocycles. The van der Waals surface area contributed by atoms with Gasteiger partial charge >= 0.3 is 59.7 Å². The molecule has 29 nitrogen and oxygen atoms in total. The Morgan fingerprint density at radius 3 is 1.11 bits per heavy atom. The Labute approximate surface area is 431 Å². The lowest BCUT2D eigenvalue weighted by Crippen LogP contribution is -2.69. The van der Waals surface area contributed by atoms with Crippen molar-refractivity contribution in [2.45, 2.75) is 168 Å². The quantitative estimate of drug-likeness (QED) is 0.0715. The first-order valence-electron chi connectivity index (χ1n) is 22.6. The summed E-state index contributed by atoms with van der Waals surface area (Å²) in [5.41, 5.74) is -0.330. The third kappa shape index (κ3) is 18.0. The van der Waals surface area contributed by atoms with Crippen LogP contribution in [-0.2, 0) is 130 Å². The van der Waals surface area contributed by atoms with E-state index in [0.717, 1.165) is 75.3 Å². The molecular formula is C45H56ClNO28. The van der Waals surface area contributed by atoms with Crippen LogP contribution in [0, 0.1) is 10.1 Å². The van der Waals surface area contributed by atoms with Gasteiger partial charge in [0, 0.05) is 75.3 Å². The molecule has 0 amide bonds. The van der Waals surface area contributed by atoms with Gasteiger partial charge in [-0.2, -0.15) is 0 Å². The lowest BCUT2D eigenvalue weighted by atomic mass is 9.95. The summed E-state index contributed by atoms with van der Waals surface area (Å²) < 4.78 is 92.4. The topological polar surface area (TPSA) is 362 Å². The van der Waals surface area contributed by atoms with E-state index in [2.05, 4.69) is 0 Å². The van der Waals surface area contributed by atoms with Gasteiger partial charge in [0.05, 0.1) is 11.5 Å². The lowest BCUT2D eigenvalue weighted by molar-refractivity contribution is -0.384. The van der Waals surface area contributed by atoms with Crippen LogP contribution in [0.25, 0.3) is 0 Å². The molecule has 3 aliphatic rings. The van der Waals surface area contributed by atoms with Crippen molar-refractivity contribution >= 4 is 77.0 Å². The van der Waals surface area contributed by atoms with Crippen LogP contribution in [0.1, 0.15) is 74.8 Å². The smallest absolute Gasteiger partial charge is 0.303 e. The van der Waals surface area contributed by atoms with E-state index in [1.54, 1.807) is 0 Å². The molecule has 0 N–H and O–H groups in total. The average Bonchev–Trinajstić information content (AvgIpc) is 3.28. The van der Waals surface area contributed by atoms with Crippen LogP contribution in [0.15, 0.2) is 18.2 Å². The number of hydrogen-bond acceptors (Lipinski definition) is 28. The van der Waals surface area contributed by atoms with Gasteiger partial charge < -0.3 is 75.8 Å². The number of halogens is 1. The second-order valence-corrected chi connectivity index (χ2v) is 17.0. The van der Waals surface area contributed by atoms with Crippen LogP contribution in [0.5, 0.6) is 0 Å². The number of ether oxygens (including phenoxy) is 16. The number of esters is 10. The molecule has 1 aromatic carbocycles. The zero-order valence-electron chi connectivity index (χ0n) is 42.0. The monoisotopic (exact) mass is 1090 g/mol. The SMILES string of the molecule is CC(=O)OC[C@H]1O[C@H](O[C@H]2[C@H](OC(C)=O)[C@@H](OC(C)=O)[C@@H](O[C@H]3[C@H](OC(C)=O)[C@@H](OC(C)=O)[C@H](OCc4ccc(Cl)c([N+](=O)[O-])c4)O[C@@H]3COC(C)=O)O[C@@H]2COC(C)=O)[C@H](OC(C)=O)[C@@H](OC(C)=O)[C@@H]1OC(C)=O. The first-order chi connectivity index (χ1) is 35.1. The van der Waals surface area contributed by atoms with Crippen molar-refractivity contribution in [2.24, 2.45) is 0 Å². The highest BCUT2D eigenvalue weighted by atomic mass is 35.5. The van der Waals surface area contributed by atoms with Crippen molar-refractivity contribution in [2.75, 3.05) is 19.8 Å². The molecule has 75 heavy (non-hydrogen) atoms. The molecule has 0 spiro atoms. The molecule has 3 aliphatic heterocycles.